The number of likely N-dealkylation sites (tertiary alicyclic amines) is 1. The first-order chi connectivity index (χ1) is 20.3. The van der Waals surface area contributed by atoms with Crippen LogP contribution in [0, 0.1) is 12.3 Å². The van der Waals surface area contributed by atoms with Gasteiger partial charge in [-0.05, 0) is 93.2 Å². The number of aliphatic hydroxyl groups is 3. The van der Waals surface area contributed by atoms with Crippen molar-refractivity contribution in [3.05, 3.63) is 52.2 Å². The molecule has 4 atom stereocenters. The summed E-state index contributed by atoms with van der Waals surface area (Å²) in [5.74, 6) is 0.637. The fourth-order valence-electron chi connectivity index (χ4n) is 6.77. The minimum absolute atomic E-state index is 0.0945. The van der Waals surface area contributed by atoms with Crippen LogP contribution in [0.25, 0.3) is 6.08 Å². The van der Waals surface area contributed by atoms with Gasteiger partial charge in [-0.1, -0.05) is 44.2 Å². The van der Waals surface area contributed by atoms with Crippen molar-refractivity contribution in [1.29, 1.82) is 0 Å². The number of nitrogens with one attached hydrogen (secondary N) is 2. The van der Waals surface area contributed by atoms with Crippen LogP contribution in [0.4, 0.5) is 0 Å². The summed E-state index contributed by atoms with van der Waals surface area (Å²) < 4.78 is 11.8. The summed E-state index contributed by atoms with van der Waals surface area (Å²) in [6.45, 7) is 11.9. The standard InChI is InChI=1S/C33H50N4O5/c1-22(2)30-26(32(36-35-30)42-29-20-27(39)31(40)28(21-38)41-29)19-25-8-7-24(18-23(25)3)6-4-5-15-37-16-11-33(12-17-37)9-13-34-14-10-33/h4,6-8,18,22,27-29,31,34,38-40H,5,9-17,19-21H2,1-3H3,(H,35,36)/b6-4+/t27-,28-,29+,31+/m1/s1. The Morgan fingerprint density at radius 3 is 2.62 bits per heavy atom. The Bertz CT molecular complexity index is 1180. The zero-order valence-electron chi connectivity index (χ0n) is 25.5. The molecule has 3 saturated heterocycles. The van der Waals surface area contributed by atoms with E-state index in [-0.39, 0.29) is 12.3 Å². The van der Waals surface area contributed by atoms with E-state index in [9.17, 15) is 15.3 Å². The monoisotopic (exact) mass is 582 g/mol. The quantitative estimate of drug-likeness (QED) is 0.289. The van der Waals surface area contributed by atoms with E-state index < -0.39 is 31.2 Å². The molecule has 0 saturated carbocycles. The lowest BCUT2D eigenvalue weighted by atomic mass is 9.71. The number of H-pyrrole nitrogens is 1. The molecule has 42 heavy (non-hydrogen) atoms. The summed E-state index contributed by atoms with van der Waals surface area (Å²) in [6.07, 6.45) is 7.83. The van der Waals surface area contributed by atoms with Gasteiger partial charge in [-0.25, -0.2) is 0 Å². The number of hydrogen-bond donors (Lipinski definition) is 5. The molecule has 3 aliphatic rings. The number of aromatic nitrogens is 2. The molecule has 4 heterocycles. The first-order valence-electron chi connectivity index (χ1n) is 15.8. The Kier molecular flexibility index (Phi) is 10.4. The zero-order chi connectivity index (χ0) is 29.7. The first kappa shape index (κ1) is 31.2. The Morgan fingerprint density at radius 2 is 1.93 bits per heavy atom. The van der Waals surface area contributed by atoms with Crippen LogP contribution in [0.5, 0.6) is 5.88 Å². The third-order valence-corrected chi connectivity index (χ3v) is 9.63. The van der Waals surface area contributed by atoms with E-state index in [1.807, 2.05) is 0 Å². The van der Waals surface area contributed by atoms with Gasteiger partial charge in [0.15, 0.2) is 0 Å². The van der Waals surface area contributed by atoms with Crippen LogP contribution in [-0.4, -0.2) is 94.3 Å². The lowest BCUT2D eigenvalue weighted by Crippen LogP contribution is -2.51. The number of aliphatic hydroxyl groups excluding tert-OH is 3. The van der Waals surface area contributed by atoms with Crippen molar-refractivity contribution in [3.63, 3.8) is 0 Å². The van der Waals surface area contributed by atoms with Gasteiger partial charge in [0, 0.05) is 30.6 Å². The average Bonchev–Trinajstić information content (AvgIpc) is 3.37. The summed E-state index contributed by atoms with van der Waals surface area (Å²) in [5.41, 5.74) is 6.15. The SMILES string of the molecule is Cc1cc(/C=C/CCN2CCC3(CCNCC3)CC2)ccc1Cc1c(O[C@H]2C[C@@H](O)[C@H](O)[C@@H](CO)O2)n[nH]c1C(C)C. The Balaban J connectivity index is 1.17. The van der Waals surface area contributed by atoms with Crippen LogP contribution in [0.15, 0.2) is 24.3 Å². The minimum atomic E-state index is -1.15. The molecule has 0 radical (unpaired) electrons. The number of aromatic amines is 1. The number of benzene rings is 1. The molecule has 1 spiro atoms. The van der Waals surface area contributed by atoms with E-state index in [0.29, 0.717) is 17.7 Å². The molecule has 0 amide bonds. The molecule has 1 aromatic heterocycles. The van der Waals surface area contributed by atoms with Gasteiger partial charge in [-0.15, -0.1) is 5.10 Å². The van der Waals surface area contributed by atoms with Crippen molar-refractivity contribution in [3.8, 4) is 5.88 Å². The average molecular weight is 583 g/mol. The van der Waals surface area contributed by atoms with Crippen molar-refractivity contribution in [1.82, 2.24) is 20.4 Å². The maximum atomic E-state index is 10.2. The van der Waals surface area contributed by atoms with E-state index in [1.54, 1.807) is 0 Å². The van der Waals surface area contributed by atoms with Crippen LogP contribution in [-0.2, 0) is 11.2 Å². The molecule has 232 valence electrons. The van der Waals surface area contributed by atoms with Crippen LogP contribution in [0.3, 0.4) is 0 Å². The molecule has 0 bridgehead atoms. The summed E-state index contributed by atoms with van der Waals surface area (Å²) in [7, 11) is 0. The highest BCUT2D eigenvalue weighted by atomic mass is 16.7. The fraction of sp³-hybridized carbons (Fsp3) is 0.667. The van der Waals surface area contributed by atoms with Crippen molar-refractivity contribution in [2.24, 2.45) is 5.41 Å². The number of ether oxygens (including phenoxy) is 2. The summed E-state index contributed by atoms with van der Waals surface area (Å²) in [4.78, 5) is 2.63. The van der Waals surface area contributed by atoms with Crippen molar-refractivity contribution in [2.45, 2.75) is 96.2 Å². The molecular formula is C33H50N4O5. The molecule has 3 fully saturated rings. The van der Waals surface area contributed by atoms with Gasteiger partial charge < -0.3 is 35.0 Å². The Morgan fingerprint density at radius 1 is 1.17 bits per heavy atom. The summed E-state index contributed by atoms with van der Waals surface area (Å²) in [6, 6.07) is 6.58. The Labute approximate surface area is 250 Å². The van der Waals surface area contributed by atoms with E-state index >= 15 is 0 Å². The van der Waals surface area contributed by atoms with Crippen LogP contribution >= 0.6 is 0 Å². The highest BCUT2D eigenvalue weighted by molar-refractivity contribution is 5.52. The molecule has 1 aromatic carbocycles. The maximum absolute atomic E-state index is 10.2. The predicted octanol–water partition coefficient (Wildman–Crippen LogP) is 3.51. The first-order valence-corrected chi connectivity index (χ1v) is 15.8. The topological polar surface area (TPSA) is 123 Å². The minimum Gasteiger partial charge on any atom is -0.446 e. The molecule has 0 aliphatic carbocycles. The third-order valence-electron chi connectivity index (χ3n) is 9.63. The van der Waals surface area contributed by atoms with Gasteiger partial charge in [-0.2, -0.15) is 0 Å². The number of rotatable bonds is 10. The van der Waals surface area contributed by atoms with E-state index in [0.717, 1.165) is 24.2 Å². The van der Waals surface area contributed by atoms with Gasteiger partial charge in [0.05, 0.1) is 12.7 Å². The molecule has 9 heteroatoms. The second-order valence-corrected chi connectivity index (χ2v) is 12.9. The largest absolute Gasteiger partial charge is 0.446 e. The molecule has 2 aromatic rings. The maximum Gasteiger partial charge on any atom is 0.238 e. The van der Waals surface area contributed by atoms with E-state index in [4.69, 9.17) is 9.47 Å². The number of nitrogens with zero attached hydrogens (tertiary/aromatic N) is 2. The van der Waals surface area contributed by atoms with Crippen LogP contribution in [0.2, 0.25) is 0 Å². The highest BCUT2D eigenvalue weighted by Crippen LogP contribution is 2.39. The van der Waals surface area contributed by atoms with Gasteiger partial charge >= 0.3 is 0 Å². The predicted molar refractivity (Wildman–Crippen MR) is 164 cm³/mol. The van der Waals surface area contributed by atoms with Gasteiger partial charge in [0.2, 0.25) is 12.2 Å². The number of piperidine rings is 2. The second-order valence-electron chi connectivity index (χ2n) is 12.9. The molecule has 9 nitrogen and oxygen atoms in total. The van der Waals surface area contributed by atoms with Crippen LogP contribution < -0.4 is 10.1 Å². The normalized spacial score (nSPS) is 26.8. The smallest absolute Gasteiger partial charge is 0.238 e. The highest BCUT2D eigenvalue weighted by Gasteiger charge is 2.38. The molecule has 0 unspecified atom stereocenters. The lowest BCUT2D eigenvalue weighted by Gasteiger charge is -2.44. The van der Waals surface area contributed by atoms with Gasteiger partial charge in [-0.3, -0.25) is 5.10 Å². The van der Waals surface area contributed by atoms with Crippen molar-refractivity contribution >= 4 is 6.08 Å². The zero-order valence-corrected chi connectivity index (χ0v) is 25.5. The second kappa shape index (κ2) is 14.0. The summed E-state index contributed by atoms with van der Waals surface area (Å²) >= 11 is 0. The Hall–Kier alpha value is -2.27. The fourth-order valence-corrected chi connectivity index (χ4v) is 6.77. The van der Waals surface area contributed by atoms with Crippen LogP contribution in [0.1, 0.15) is 86.2 Å². The van der Waals surface area contributed by atoms with Gasteiger partial charge in [0.25, 0.3) is 0 Å². The van der Waals surface area contributed by atoms with Crippen molar-refractivity contribution < 1.29 is 24.8 Å². The molecule has 3 aliphatic heterocycles. The van der Waals surface area contributed by atoms with E-state index in [1.165, 1.54) is 68.6 Å². The van der Waals surface area contributed by atoms with Crippen molar-refractivity contribution in [2.75, 3.05) is 39.3 Å². The lowest BCUT2D eigenvalue weighted by molar-refractivity contribution is -0.230. The molecule has 5 N–H and O–H groups in total. The number of hydrogen-bond acceptors (Lipinski definition) is 8. The van der Waals surface area contributed by atoms with E-state index in [2.05, 4.69) is 71.5 Å². The molecular weight excluding hydrogens is 532 g/mol. The summed E-state index contributed by atoms with van der Waals surface area (Å²) in [5, 5.41) is 40.9. The van der Waals surface area contributed by atoms with Gasteiger partial charge in [0.1, 0.15) is 12.2 Å². The third kappa shape index (κ3) is 7.44. The number of aryl methyl sites for hydroxylation is 1. The molecule has 5 rings (SSSR count).